The fourth-order valence-electron chi connectivity index (χ4n) is 2.42. The predicted molar refractivity (Wildman–Crippen MR) is 77.4 cm³/mol. The number of carbonyl (C=O) groups is 1. The van der Waals surface area contributed by atoms with Crippen LogP contribution in [0.4, 0.5) is 0 Å². The van der Waals surface area contributed by atoms with Gasteiger partial charge in [-0.2, -0.15) is 0 Å². The summed E-state index contributed by atoms with van der Waals surface area (Å²) in [7, 11) is -1.04. The lowest BCUT2D eigenvalue weighted by molar-refractivity contribution is 0.0303. The van der Waals surface area contributed by atoms with Crippen molar-refractivity contribution in [2.75, 3.05) is 32.6 Å². The number of fused-ring (bicyclic) bond motifs is 1. The highest BCUT2D eigenvalue weighted by Gasteiger charge is 2.19. The van der Waals surface area contributed by atoms with Gasteiger partial charge in [0.15, 0.2) is 0 Å². The van der Waals surface area contributed by atoms with Crippen LogP contribution in [0.15, 0.2) is 29.3 Å². The van der Waals surface area contributed by atoms with Gasteiger partial charge in [0.2, 0.25) is 0 Å². The molecule has 0 saturated carbocycles. The van der Waals surface area contributed by atoms with Crippen molar-refractivity contribution in [2.45, 2.75) is 4.90 Å². The van der Waals surface area contributed by atoms with Crippen molar-refractivity contribution in [1.82, 2.24) is 9.88 Å². The Morgan fingerprint density at radius 3 is 2.80 bits per heavy atom. The topological polar surface area (TPSA) is 62.4 Å². The fourth-order valence-corrected chi connectivity index (χ4v) is 3.13. The highest BCUT2D eigenvalue weighted by molar-refractivity contribution is 7.84. The largest absolute Gasteiger partial charge is 0.378 e. The number of benzene rings is 1. The second-order valence-corrected chi connectivity index (χ2v) is 6.12. The zero-order valence-corrected chi connectivity index (χ0v) is 12.0. The highest BCUT2D eigenvalue weighted by Crippen LogP contribution is 2.22. The summed E-state index contributed by atoms with van der Waals surface area (Å²) in [4.78, 5) is 18.0. The zero-order valence-electron chi connectivity index (χ0n) is 11.2. The third-order valence-corrected chi connectivity index (χ3v) is 4.46. The number of morpholine rings is 1. The molecule has 1 fully saturated rings. The molecule has 1 saturated heterocycles. The second kappa shape index (κ2) is 5.38. The SMILES string of the molecule is CS(=O)c1c[nH]c2cc(C(=O)N3CCOCC3)ccc12. The smallest absolute Gasteiger partial charge is 0.254 e. The number of hydrogen-bond acceptors (Lipinski definition) is 3. The molecule has 0 bridgehead atoms. The van der Waals surface area contributed by atoms with E-state index in [1.807, 2.05) is 12.1 Å². The summed E-state index contributed by atoms with van der Waals surface area (Å²) < 4.78 is 16.8. The quantitative estimate of drug-likeness (QED) is 0.909. The monoisotopic (exact) mass is 292 g/mol. The molecule has 5 nitrogen and oxygen atoms in total. The number of carbonyl (C=O) groups excluding carboxylic acids is 1. The molecule has 0 radical (unpaired) electrons. The van der Waals surface area contributed by atoms with Crippen LogP contribution in [0.2, 0.25) is 0 Å². The van der Waals surface area contributed by atoms with Gasteiger partial charge < -0.3 is 14.6 Å². The van der Waals surface area contributed by atoms with Crippen LogP contribution in [0.5, 0.6) is 0 Å². The summed E-state index contributed by atoms with van der Waals surface area (Å²) in [6.07, 6.45) is 3.39. The van der Waals surface area contributed by atoms with E-state index in [1.165, 1.54) is 0 Å². The second-order valence-electron chi connectivity index (χ2n) is 4.77. The van der Waals surface area contributed by atoms with E-state index in [-0.39, 0.29) is 5.91 Å². The zero-order chi connectivity index (χ0) is 14.1. The number of nitrogens with one attached hydrogen (secondary N) is 1. The lowest BCUT2D eigenvalue weighted by Crippen LogP contribution is -2.40. The average molecular weight is 292 g/mol. The Hall–Kier alpha value is -1.66. The van der Waals surface area contributed by atoms with E-state index in [4.69, 9.17) is 4.74 Å². The standard InChI is InChI=1S/C14H16N2O3S/c1-20(18)13-9-15-12-8-10(2-3-11(12)13)14(17)16-4-6-19-7-5-16/h2-3,8-9,15H,4-7H2,1H3. The summed E-state index contributed by atoms with van der Waals surface area (Å²) in [5.41, 5.74) is 1.49. The summed E-state index contributed by atoms with van der Waals surface area (Å²) in [6, 6.07) is 5.48. The van der Waals surface area contributed by atoms with E-state index in [9.17, 15) is 9.00 Å². The molecule has 1 N–H and O–H groups in total. The minimum atomic E-state index is -1.04. The van der Waals surface area contributed by atoms with Crippen LogP contribution in [-0.2, 0) is 15.5 Å². The first kappa shape index (κ1) is 13.3. The summed E-state index contributed by atoms with van der Waals surface area (Å²) in [6.45, 7) is 2.45. The molecule has 0 aliphatic carbocycles. The third kappa shape index (κ3) is 2.36. The number of amides is 1. The van der Waals surface area contributed by atoms with E-state index >= 15 is 0 Å². The Labute approximate surface area is 119 Å². The molecule has 106 valence electrons. The van der Waals surface area contributed by atoms with E-state index in [0.29, 0.717) is 31.9 Å². The molecule has 1 amide bonds. The molecule has 2 heterocycles. The van der Waals surface area contributed by atoms with Gasteiger partial charge in [-0.25, -0.2) is 0 Å². The molecule has 0 spiro atoms. The fraction of sp³-hybridized carbons (Fsp3) is 0.357. The number of nitrogens with zero attached hydrogens (tertiary/aromatic N) is 1. The van der Waals surface area contributed by atoms with Crippen LogP contribution >= 0.6 is 0 Å². The Kier molecular flexibility index (Phi) is 3.58. The summed E-state index contributed by atoms with van der Waals surface area (Å²) in [5.74, 6) is 0.0176. The number of aromatic amines is 1. The molecular weight excluding hydrogens is 276 g/mol. The van der Waals surface area contributed by atoms with Gasteiger partial charge in [-0.3, -0.25) is 9.00 Å². The first-order valence-corrected chi connectivity index (χ1v) is 8.04. The van der Waals surface area contributed by atoms with Crippen LogP contribution < -0.4 is 0 Å². The van der Waals surface area contributed by atoms with Gasteiger partial charge in [0.05, 0.1) is 28.9 Å². The van der Waals surface area contributed by atoms with Gasteiger partial charge in [-0.15, -0.1) is 0 Å². The van der Waals surface area contributed by atoms with Crippen LogP contribution in [0.25, 0.3) is 10.9 Å². The Balaban J connectivity index is 1.92. The molecule has 1 unspecified atom stereocenters. The van der Waals surface area contributed by atoms with Gasteiger partial charge >= 0.3 is 0 Å². The summed E-state index contributed by atoms with van der Waals surface area (Å²) >= 11 is 0. The van der Waals surface area contributed by atoms with Crippen LogP contribution in [0.3, 0.4) is 0 Å². The van der Waals surface area contributed by atoms with Crippen LogP contribution in [0.1, 0.15) is 10.4 Å². The molecule has 6 heteroatoms. The predicted octanol–water partition coefficient (Wildman–Crippen LogP) is 1.38. The maximum atomic E-state index is 12.4. The molecule has 1 aliphatic rings. The Morgan fingerprint density at radius 1 is 1.35 bits per heavy atom. The van der Waals surface area contributed by atoms with Crippen molar-refractivity contribution in [1.29, 1.82) is 0 Å². The highest BCUT2D eigenvalue weighted by atomic mass is 32.2. The first-order valence-electron chi connectivity index (χ1n) is 6.48. The number of aromatic nitrogens is 1. The van der Waals surface area contributed by atoms with E-state index < -0.39 is 10.8 Å². The molecule has 3 rings (SSSR count). The Bertz CT molecular complexity index is 674. The van der Waals surface area contributed by atoms with Crippen molar-refractivity contribution in [2.24, 2.45) is 0 Å². The normalized spacial score (nSPS) is 17.4. The first-order chi connectivity index (χ1) is 9.66. The molecule has 2 aromatic rings. The summed E-state index contributed by atoms with van der Waals surface area (Å²) in [5, 5.41) is 0.907. The van der Waals surface area contributed by atoms with E-state index in [2.05, 4.69) is 4.98 Å². The molecule has 1 atom stereocenters. The third-order valence-electron chi connectivity index (χ3n) is 3.50. The van der Waals surface area contributed by atoms with Crippen molar-refractivity contribution in [3.05, 3.63) is 30.0 Å². The minimum absolute atomic E-state index is 0.0176. The number of ether oxygens (including phenoxy) is 1. The molecule has 20 heavy (non-hydrogen) atoms. The van der Waals surface area contributed by atoms with Gasteiger partial charge in [0, 0.05) is 42.0 Å². The number of rotatable bonds is 2. The molecule has 1 aromatic heterocycles. The van der Waals surface area contributed by atoms with Crippen LogP contribution in [-0.4, -0.2) is 52.6 Å². The van der Waals surface area contributed by atoms with Crippen molar-refractivity contribution in [3.63, 3.8) is 0 Å². The van der Waals surface area contributed by atoms with E-state index in [0.717, 1.165) is 15.8 Å². The van der Waals surface area contributed by atoms with Crippen LogP contribution in [0, 0.1) is 0 Å². The molecular formula is C14H16N2O3S. The maximum absolute atomic E-state index is 12.4. The average Bonchev–Trinajstić information content (AvgIpc) is 2.90. The van der Waals surface area contributed by atoms with Crippen molar-refractivity contribution >= 4 is 27.6 Å². The van der Waals surface area contributed by atoms with Gasteiger partial charge in [0.25, 0.3) is 5.91 Å². The van der Waals surface area contributed by atoms with Gasteiger partial charge in [-0.1, -0.05) is 6.07 Å². The van der Waals surface area contributed by atoms with Gasteiger partial charge in [-0.05, 0) is 12.1 Å². The Morgan fingerprint density at radius 2 is 2.10 bits per heavy atom. The minimum Gasteiger partial charge on any atom is -0.378 e. The maximum Gasteiger partial charge on any atom is 0.254 e. The molecule has 1 aromatic carbocycles. The lowest BCUT2D eigenvalue weighted by Gasteiger charge is -2.26. The van der Waals surface area contributed by atoms with Gasteiger partial charge in [0.1, 0.15) is 0 Å². The lowest BCUT2D eigenvalue weighted by atomic mass is 10.1. The van der Waals surface area contributed by atoms with E-state index in [1.54, 1.807) is 23.4 Å². The molecule has 1 aliphatic heterocycles. The van der Waals surface area contributed by atoms with Crippen molar-refractivity contribution < 1.29 is 13.7 Å². The van der Waals surface area contributed by atoms with Crippen molar-refractivity contribution in [3.8, 4) is 0 Å². The number of hydrogen-bond donors (Lipinski definition) is 1. The number of H-pyrrole nitrogens is 1.